The minimum absolute atomic E-state index is 0.609. The fourth-order valence-corrected chi connectivity index (χ4v) is 7.22. The number of para-hydroxylation sites is 4. The van der Waals surface area contributed by atoms with E-state index in [0.29, 0.717) is 11.3 Å². The van der Waals surface area contributed by atoms with Crippen LogP contribution in [-0.4, -0.2) is 9.13 Å². The van der Waals surface area contributed by atoms with Crippen molar-refractivity contribution in [3.63, 3.8) is 0 Å². The molecule has 4 heteroatoms. The van der Waals surface area contributed by atoms with E-state index in [1.54, 1.807) is 0 Å². The van der Waals surface area contributed by atoms with E-state index in [1.807, 2.05) is 36.4 Å². The first-order valence-corrected chi connectivity index (χ1v) is 15.9. The Labute approximate surface area is 277 Å². The highest BCUT2D eigenvalue weighted by Crippen LogP contribution is 2.38. The molecule has 48 heavy (non-hydrogen) atoms. The molecule has 9 rings (SSSR count). The lowest BCUT2D eigenvalue weighted by molar-refractivity contribution is 1.18. The Balaban J connectivity index is 1.19. The van der Waals surface area contributed by atoms with Crippen molar-refractivity contribution in [2.24, 2.45) is 0 Å². The van der Waals surface area contributed by atoms with Crippen LogP contribution in [0.2, 0.25) is 0 Å². The fourth-order valence-electron chi connectivity index (χ4n) is 7.22. The third-order valence-corrected chi connectivity index (χ3v) is 9.34. The Kier molecular flexibility index (Phi) is 6.22. The number of benzene rings is 7. The van der Waals surface area contributed by atoms with Crippen LogP contribution >= 0.6 is 0 Å². The van der Waals surface area contributed by atoms with Crippen LogP contribution in [0.25, 0.3) is 82.1 Å². The van der Waals surface area contributed by atoms with E-state index >= 15 is 0 Å². The lowest BCUT2D eigenvalue weighted by Gasteiger charge is -2.15. The van der Waals surface area contributed by atoms with Gasteiger partial charge in [0.05, 0.1) is 40.4 Å². The number of hydrogen-bond donors (Lipinski definition) is 0. The maximum absolute atomic E-state index is 10.1. The highest BCUT2D eigenvalue weighted by molar-refractivity contribution is 6.11. The van der Waals surface area contributed by atoms with E-state index < -0.39 is 0 Å². The summed E-state index contributed by atoms with van der Waals surface area (Å²) in [5.41, 5.74) is 11.7. The number of nitriles is 1. The van der Waals surface area contributed by atoms with E-state index in [9.17, 15) is 5.26 Å². The highest BCUT2D eigenvalue weighted by atomic mass is 15.0. The number of nitrogens with zero attached hydrogens (tertiary/aromatic N) is 4. The van der Waals surface area contributed by atoms with E-state index in [4.69, 9.17) is 6.57 Å². The molecule has 7 aromatic carbocycles. The van der Waals surface area contributed by atoms with Crippen molar-refractivity contribution >= 4 is 49.3 Å². The monoisotopic (exact) mass is 610 g/mol. The topological polar surface area (TPSA) is 38.0 Å². The molecule has 0 spiro atoms. The van der Waals surface area contributed by atoms with E-state index in [1.165, 1.54) is 10.8 Å². The van der Waals surface area contributed by atoms with Crippen molar-refractivity contribution in [2.75, 3.05) is 0 Å². The summed E-state index contributed by atoms with van der Waals surface area (Å²) >= 11 is 0. The second kappa shape index (κ2) is 10.9. The number of aromatic nitrogens is 2. The third-order valence-electron chi connectivity index (χ3n) is 9.34. The normalized spacial score (nSPS) is 11.3. The number of rotatable bonds is 4. The molecule has 0 radical (unpaired) electrons. The Morgan fingerprint density at radius 1 is 0.479 bits per heavy atom. The molecule has 4 nitrogen and oxygen atoms in total. The van der Waals surface area contributed by atoms with Gasteiger partial charge in [0.25, 0.3) is 0 Å². The second-order valence-corrected chi connectivity index (χ2v) is 12.0. The van der Waals surface area contributed by atoms with Gasteiger partial charge in [-0.2, -0.15) is 5.26 Å². The molecule has 0 fully saturated rings. The summed E-state index contributed by atoms with van der Waals surface area (Å²) in [6.07, 6.45) is 0. The van der Waals surface area contributed by atoms with Crippen LogP contribution in [0, 0.1) is 17.9 Å². The van der Waals surface area contributed by atoms with Gasteiger partial charge in [0, 0.05) is 38.3 Å². The summed E-state index contributed by atoms with van der Waals surface area (Å²) < 4.78 is 4.56. The molecular formula is C44H26N4. The predicted molar refractivity (Wildman–Crippen MR) is 197 cm³/mol. The van der Waals surface area contributed by atoms with E-state index in [0.717, 1.165) is 66.5 Å². The van der Waals surface area contributed by atoms with Gasteiger partial charge in [-0.25, -0.2) is 4.85 Å². The molecule has 0 saturated heterocycles. The van der Waals surface area contributed by atoms with Crippen molar-refractivity contribution in [3.05, 3.63) is 175 Å². The summed E-state index contributed by atoms with van der Waals surface area (Å²) in [6.45, 7) is 7.58. The summed E-state index contributed by atoms with van der Waals surface area (Å²) in [5, 5.41) is 14.8. The largest absolute Gasteiger partial charge is 0.311 e. The van der Waals surface area contributed by atoms with E-state index in [-0.39, 0.29) is 0 Å². The molecule has 9 aromatic rings. The molecule has 0 amide bonds. The minimum Gasteiger partial charge on any atom is -0.311 e. The Bertz CT molecular complexity index is 2750. The van der Waals surface area contributed by atoms with Crippen molar-refractivity contribution in [2.45, 2.75) is 0 Å². The number of fused-ring (bicyclic) bond motifs is 6. The second-order valence-electron chi connectivity index (χ2n) is 12.0. The van der Waals surface area contributed by atoms with Crippen LogP contribution in [0.5, 0.6) is 0 Å². The maximum atomic E-state index is 10.1. The van der Waals surface area contributed by atoms with Gasteiger partial charge < -0.3 is 9.13 Å². The molecule has 0 atom stereocenters. The minimum atomic E-state index is 0.609. The molecule has 0 aliphatic rings. The summed E-state index contributed by atoms with van der Waals surface area (Å²) in [6, 6.07) is 56.8. The van der Waals surface area contributed by atoms with Gasteiger partial charge in [0.15, 0.2) is 5.69 Å². The summed E-state index contributed by atoms with van der Waals surface area (Å²) in [5.74, 6) is 0. The molecule has 0 unspecified atom stereocenters. The average molecular weight is 611 g/mol. The first-order chi connectivity index (χ1) is 23.7. The molecule has 0 saturated carbocycles. The zero-order valence-corrected chi connectivity index (χ0v) is 25.8. The number of hydrogen-bond acceptors (Lipinski definition) is 1. The van der Waals surface area contributed by atoms with Crippen LogP contribution in [0.3, 0.4) is 0 Å². The Morgan fingerprint density at radius 3 is 1.69 bits per heavy atom. The van der Waals surface area contributed by atoms with Gasteiger partial charge in [-0.15, -0.1) is 0 Å². The molecule has 222 valence electrons. The summed E-state index contributed by atoms with van der Waals surface area (Å²) in [7, 11) is 0. The van der Waals surface area contributed by atoms with Crippen LogP contribution in [0.15, 0.2) is 158 Å². The molecular weight excluding hydrogens is 585 g/mol. The Morgan fingerprint density at radius 2 is 1.04 bits per heavy atom. The summed E-state index contributed by atoms with van der Waals surface area (Å²) in [4.78, 5) is 3.69. The van der Waals surface area contributed by atoms with Crippen molar-refractivity contribution in [1.82, 2.24) is 9.13 Å². The van der Waals surface area contributed by atoms with Gasteiger partial charge in [-0.05, 0) is 77.4 Å². The fraction of sp³-hybridized carbons (Fsp3) is 0. The molecule has 0 aliphatic heterocycles. The van der Waals surface area contributed by atoms with Crippen LogP contribution < -0.4 is 0 Å². The van der Waals surface area contributed by atoms with Crippen LogP contribution in [0.4, 0.5) is 5.69 Å². The predicted octanol–water partition coefficient (Wildman–Crippen LogP) is 11.6. The first-order valence-electron chi connectivity index (χ1n) is 15.9. The van der Waals surface area contributed by atoms with Gasteiger partial charge in [0.1, 0.15) is 0 Å². The maximum Gasteiger partial charge on any atom is 0.189 e. The van der Waals surface area contributed by atoms with Gasteiger partial charge in [-0.3, -0.25) is 0 Å². The van der Waals surface area contributed by atoms with Crippen LogP contribution in [0.1, 0.15) is 5.56 Å². The van der Waals surface area contributed by atoms with Crippen molar-refractivity contribution in [3.8, 4) is 39.7 Å². The van der Waals surface area contributed by atoms with Gasteiger partial charge in [0.2, 0.25) is 0 Å². The smallest absolute Gasteiger partial charge is 0.189 e. The van der Waals surface area contributed by atoms with Crippen molar-refractivity contribution in [1.29, 1.82) is 5.26 Å². The van der Waals surface area contributed by atoms with Gasteiger partial charge in [-0.1, -0.05) is 97.1 Å². The lowest BCUT2D eigenvalue weighted by Crippen LogP contribution is -1.97. The van der Waals surface area contributed by atoms with E-state index in [2.05, 4.69) is 141 Å². The van der Waals surface area contributed by atoms with Gasteiger partial charge >= 0.3 is 0 Å². The highest BCUT2D eigenvalue weighted by Gasteiger charge is 2.17. The average Bonchev–Trinajstić information content (AvgIpc) is 3.67. The SMILES string of the molecule is [C-]#[N+]c1ccc2c3ccccc3n(-c3ccc(-c4cc(C#N)cc(-c5ccccc5-n5c6ccccc6c6ccccc65)c4)cc3)c2c1. The quantitative estimate of drug-likeness (QED) is 0.183. The van der Waals surface area contributed by atoms with Crippen LogP contribution in [-0.2, 0) is 0 Å². The zero-order valence-electron chi connectivity index (χ0n) is 25.8. The first kappa shape index (κ1) is 27.4. The van der Waals surface area contributed by atoms with Crippen molar-refractivity contribution < 1.29 is 0 Å². The zero-order chi connectivity index (χ0) is 32.2. The lowest BCUT2D eigenvalue weighted by atomic mass is 9.95. The Hall–Kier alpha value is -6.88. The molecule has 2 heterocycles. The molecule has 0 aliphatic carbocycles. The standard InChI is InChI=1S/C44H26N4/c1-46-33-20-23-39-38-13-3-7-15-41(38)47(44(39)27-33)34-21-18-30(19-22-34)31-24-29(28-45)25-32(26-31)35-10-2-6-14-40(35)48-42-16-8-4-11-36(42)37-12-5-9-17-43(37)48/h2-27H. The molecule has 0 bridgehead atoms. The third kappa shape index (κ3) is 4.22. The molecule has 2 aromatic heterocycles. The molecule has 0 N–H and O–H groups in total.